The van der Waals surface area contributed by atoms with Crippen molar-refractivity contribution in [3.05, 3.63) is 41.9 Å². The van der Waals surface area contributed by atoms with Crippen LogP contribution in [-0.2, 0) is 4.43 Å². The summed E-state index contributed by atoms with van der Waals surface area (Å²) < 4.78 is 14.4. The van der Waals surface area contributed by atoms with Crippen LogP contribution in [0.4, 0.5) is 0 Å². The Morgan fingerprint density at radius 3 is 2.21 bits per heavy atom. The number of rotatable bonds is 6. The summed E-state index contributed by atoms with van der Waals surface area (Å²) in [7, 11) is -1.79. The summed E-state index contributed by atoms with van der Waals surface area (Å²) in [6.07, 6.45) is 2.57. The third kappa shape index (κ3) is 5.33. The predicted molar refractivity (Wildman–Crippen MR) is 98.8 cm³/mol. The lowest BCUT2D eigenvalue weighted by molar-refractivity contribution is -0.0620. The highest BCUT2D eigenvalue weighted by molar-refractivity contribution is 6.69. The third-order valence-electron chi connectivity index (χ3n) is 3.36. The van der Waals surface area contributed by atoms with Crippen molar-refractivity contribution in [3.63, 3.8) is 0 Å². The zero-order chi connectivity index (χ0) is 18.0. The molecule has 7 heteroatoms. The molecule has 24 heavy (non-hydrogen) atoms. The molecule has 2 atom stereocenters. The maximum Gasteiger partial charge on any atom is 0.218 e. The highest BCUT2D eigenvalue weighted by Gasteiger charge is 2.39. The molecule has 2 unspecified atom stereocenters. The molecule has 0 fully saturated rings. The SMILES string of the molecule is CC(C)(C)C(O[Si](C)(C)C)C(Oc1ccc(Cl)cc1)n1cncn1. The highest BCUT2D eigenvalue weighted by atomic mass is 35.5. The Morgan fingerprint density at radius 1 is 1.12 bits per heavy atom. The van der Waals surface area contributed by atoms with Crippen molar-refractivity contribution in [3.8, 4) is 5.75 Å². The Labute approximate surface area is 150 Å². The molecule has 0 radical (unpaired) electrons. The van der Waals surface area contributed by atoms with Crippen LogP contribution < -0.4 is 4.74 Å². The Hall–Kier alpha value is -1.37. The lowest BCUT2D eigenvalue weighted by atomic mass is 9.88. The van der Waals surface area contributed by atoms with Gasteiger partial charge in [-0.15, -0.1) is 0 Å². The molecule has 2 rings (SSSR count). The van der Waals surface area contributed by atoms with Gasteiger partial charge in [0, 0.05) is 5.02 Å². The van der Waals surface area contributed by atoms with E-state index in [0.29, 0.717) is 10.8 Å². The topological polar surface area (TPSA) is 49.2 Å². The van der Waals surface area contributed by atoms with E-state index in [1.165, 1.54) is 6.33 Å². The summed E-state index contributed by atoms with van der Waals surface area (Å²) in [4.78, 5) is 4.07. The van der Waals surface area contributed by atoms with Gasteiger partial charge in [0.2, 0.25) is 6.23 Å². The normalized spacial score (nSPS) is 15.1. The average Bonchev–Trinajstić information content (AvgIpc) is 2.96. The number of nitrogens with zero attached hydrogens (tertiary/aromatic N) is 3. The Balaban J connectivity index is 2.37. The molecular formula is C17H26ClN3O2Si. The summed E-state index contributed by atoms with van der Waals surface area (Å²) in [5, 5.41) is 4.96. The van der Waals surface area contributed by atoms with Gasteiger partial charge in [0.25, 0.3) is 0 Å². The molecule has 0 spiro atoms. The molecule has 132 valence electrons. The van der Waals surface area contributed by atoms with Crippen LogP contribution >= 0.6 is 11.6 Å². The Kier molecular flexibility index (Phi) is 5.73. The molecule has 0 aliphatic carbocycles. The van der Waals surface area contributed by atoms with Crippen molar-refractivity contribution >= 4 is 19.9 Å². The number of halogens is 1. The Morgan fingerprint density at radius 2 is 1.75 bits per heavy atom. The van der Waals surface area contributed by atoms with Crippen molar-refractivity contribution in [2.75, 3.05) is 0 Å². The lowest BCUT2D eigenvalue weighted by Crippen LogP contribution is -2.46. The minimum Gasteiger partial charge on any atom is -0.466 e. The molecule has 2 aromatic rings. The summed E-state index contributed by atoms with van der Waals surface area (Å²) in [6, 6.07) is 7.31. The van der Waals surface area contributed by atoms with Crippen LogP contribution in [0, 0.1) is 5.41 Å². The van der Waals surface area contributed by atoms with E-state index in [0.717, 1.165) is 0 Å². The van der Waals surface area contributed by atoms with Crippen LogP contribution in [-0.4, -0.2) is 29.2 Å². The van der Waals surface area contributed by atoms with Crippen LogP contribution in [0.3, 0.4) is 0 Å². The van der Waals surface area contributed by atoms with E-state index in [-0.39, 0.29) is 11.5 Å². The summed E-state index contributed by atoms with van der Waals surface area (Å²) in [5.74, 6) is 0.716. The average molecular weight is 368 g/mol. The van der Waals surface area contributed by atoms with Crippen LogP contribution in [0.5, 0.6) is 5.75 Å². The second-order valence-electron chi connectivity index (χ2n) is 7.85. The molecular weight excluding hydrogens is 342 g/mol. The quantitative estimate of drug-likeness (QED) is 0.689. The van der Waals surface area contributed by atoms with Crippen molar-refractivity contribution in [2.24, 2.45) is 5.41 Å². The molecule has 0 bridgehead atoms. The molecule has 0 N–H and O–H groups in total. The number of benzene rings is 1. The van der Waals surface area contributed by atoms with Gasteiger partial charge >= 0.3 is 0 Å². The summed E-state index contributed by atoms with van der Waals surface area (Å²) in [6.45, 7) is 13.0. The zero-order valence-corrected chi connectivity index (χ0v) is 16.9. The summed E-state index contributed by atoms with van der Waals surface area (Å²) >= 11 is 5.97. The highest BCUT2D eigenvalue weighted by Crippen LogP contribution is 2.35. The minimum atomic E-state index is -1.79. The molecule has 0 aliphatic heterocycles. The van der Waals surface area contributed by atoms with Crippen LogP contribution in [0.1, 0.15) is 27.0 Å². The Bertz CT molecular complexity index is 633. The van der Waals surface area contributed by atoms with E-state index in [1.54, 1.807) is 23.1 Å². The smallest absolute Gasteiger partial charge is 0.218 e. The molecule has 0 aliphatic rings. The first-order valence-electron chi connectivity index (χ1n) is 8.00. The number of aromatic nitrogens is 3. The van der Waals surface area contributed by atoms with E-state index in [9.17, 15) is 0 Å². The number of hydrogen-bond donors (Lipinski definition) is 0. The van der Waals surface area contributed by atoms with E-state index < -0.39 is 14.5 Å². The third-order valence-corrected chi connectivity index (χ3v) is 4.57. The second kappa shape index (κ2) is 7.25. The number of hydrogen-bond acceptors (Lipinski definition) is 4. The van der Waals surface area contributed by atoms with Crippen molar-refractivity contribution in [2.45, 2.75) is 52.7 Å². The van der Waals surface area contributed by atoms with Crippen molar-refractivity contribution in [1.82, 2.24) is 14.8 Å². The van der Waals surface area contributed by atoms with Crippen LogP contribution in [0.15, 0.2) is 36.9 Å². The fraction of sp³-hybridized carbons (Fsp3) is 0.529. The lowest BCUT2D eigenvalue weighted by Gasteiger charge is -2.40. The van der Waals surface area contributed by atoms with Gasteiger partial charge in [-0.05, 0) is 49.3 Å². The van der Waals surface area contributed by atoms with E-state index in [2.05, 4.69) is 50.5 Å². The van der Waals surface area contributed by atoms with Gasteiger partial charge in [-0.3, -0.25) is 0 Å². The number of ether oxygens (including phenoxy) is 1. The molecule has 5 nitrogen and oxygen atoms in total. The van der Waals surface area contributed by atoms with Crippen molar-refractivity contribution < 1.29 is 9.16 Å². The second-order valence-corrected chi connectivity index (χ2v) is 12.8. The standard InChI is InChI=1S/C17H26ClN3O2Si/c1-17(2,3)15(23-24(4,5)6)16(21-12-19-11-20-21)22-14-9-7-13(18)8-10-14/h7-12,15-16H,1-6H3. The molecule has 0 saturated carbocycles. The van der Waals surface area contributed by atoms with Gasteiger partial charge in [0.05, 0.1) is 0 Å². The molecule has 0 saturated heterocycles. The first-order valence-corrected chi connectivity index (χ1v) is 11.8. The van der Waals surface area contributed by atoms with Crippen molar-refractivity contribution in [1.29, 1.82) is 0 Å². The molecule has 1 aromatic heterocycles. The zero-order valence-electron chi connectivity index (χ0n) is 15.2. The predicted octanol–water partition coefficient (Wildman–Crippen LogP) is 4.78. The summed E-state index contributed by atoms with van der Waals surface area (Å²) in [5.41, 5.74) is -0.136. The van der Waals surface area contributed by atoms with Gasteiger partial charge in [-0.1, -0.05) is 32.4 Å². The first kappa shape index (κ1) is 19.0. The van der Waals surface area contributed by atoms with Gasteiger partial charge in [-0.2, -0.15) is 5.10 Å². The first-order chi connectivity index (χ1) is 11.1. The monoisotopic (exact) mass is 367 g/mol. The molecule has 1 aromatic carbocycles. The maximum absolute atomic E-state index is 6.48. The van der Waals surface area contributed by atoms with Crippen LogP contribution in [0.2, 0.25) is 24.7 Å². The van der Waals surface area contributed by atoms with Crippen LogP contribution in [0.25, 0.3) is 0 Å². The fourth-order valence-electron chi connectivity index (χ4n) is 2.30. The minimum absolute atomic E-state index is 0.136. The largest absolute Gasteiger partial charge is 0.466 e. The molecule has 1 heterocycles. The fourth-order valence-corrected chi connectivity index (χ4v) is 3.66. The van der Waals surface area contributed by atoms with Gasteiger partial charge in [-0.25, -0.2) is 9.67 Å². The molecule has 0 amide bonds. The van der Waals surface area contributed by atoms with E-state index in [4.69, 9.17) is 20.8 Å². The van der Waals surface area contributed by atoms with Gasteiger partial charge in [0.15, 0.2) is 8.32 Å². The maximum atomic E-state index is 6.48. The van der Waals surface area contributed by atoms with E-state index in [1.807, 2.05) is 12.1 Å². The van der Waals surface area contributed by atoms with Gasteiger partial charge < -0.3 is 9.16 Å². The van der Waals surface area contributed by atoms with Gasteiger partial charge in [0.1, 0.15) is 24.5 Å². The van der Waals surface area contributed by atoms with E-state index >= 15 is 0 Å².